The Morgan fingerprint density at radius 2 is 0.714 bits per heavy atom. The molecule has 0 aromatic heterocycles. The average Bonchev–Trinajstić information content (AvgIpc) is 3.53. The van der Waals surface area contributed by atoms with Gasteiger partial charge in [-0.15, -0.1) is 25.7 Å². The van der Waals surface area contributed by atoms with Crippen molar-refractivity contribution in [2.45, 2.75) is 39.5 Å². The molecule has 4 aliphatic carbocycles. The van der Waals surface area contributed by atoms with Gasteiger partial charge in [-0.2, -0.15) is 24.3 Å². The van der Waals surface area contributed by atoms with Crippen LogP contribution in [0.15, 0.2) is 72.9 Å². The van der Waals surface area contributed by atoms with Crippen LogP contribution < -0.4 is 0 Å². The Kier molecular flexibility index (Phi) is 49.3. The molecule has 0 amide bonds. The van der Waals surface area contributed by atoms with Crippen molar-refractivity contribution in [2.24, 2.45) is 0 Å². The van der Waals surface area contributed by atoms with Gasteiger partial charge >= 0.3 is 52.4 Å². The summed E-state index contributed by atoms with van der Waals surface area (Å²) in [6.45, 7) is 4.08. The van der Waals surface area contributed by atoms with Gasteiger partial charge in [0.2, 0.25) is 0 Å². The molecule has 28 heavy (non-hydrogen) atoms. The molecule has 0 N–H and O–H groups in total. The first-order valence-corrected chi connectivity index (χ1v) is 11.1. The molecule has 0 spiro atoms. The van der Waals surface area contributed by atoms with E-state index in [1.807, 2.05) is 62.5 Å². The van der Waals surface area contributed by atoms with Crippen LogP contribution in [-0.4, -0.2) is 10.7 Å². The van der Waals surface area contributed by atoms with Crippen molar-refractivity contribution in [3.63, 3.8) is 0 Å². The van der Waals surface area contributed by atoms with Crippen LogP contribution in [0.5, 0.6) is 0 Å². The summed E-state index contributed by atoms with van der Waals surface area (Å²) < 4.78 is 0. The molecule has 4 rings (SSSR count). The van der Waals surface area contributed by atoms with E-state index in [0.717, 1.165) is 36.3 Å². The van der Waals surface area contributed by atoms with Gasteiger partial charge in [-0.25, -0.2) is 48.6 Å². The van der Waals surface area contributed by atoms with Gasteiger partial charge in [0, 0.05) is 10.7 Å². The minimum absolute atomic E-state index is 0. The zero-order valence-corrected chi connectivity index (χ0v) is 25.0. The van der Waals surface area contributed by atoms with E-state index in [1.165, 1.54) is 0 Å². The first kappa shape index (κ1) is 36.0. The SMILES string of the molecule is CCBr.CCBr.[C-]1=CC=CC1.[C-]1=CC=CC1.[C-]1=CC=CC1.[C-]1=CC=CC1.[Zr+2].[Zr+2]. The van der Waals surface area contributed by atoms with Gasteiger partial charge in [-0.1, -0.05) is 45.7 Å². The van der Waals surface area contributed by atoms with Gasteiger partial charge in [-0.05, 0) is 0 Å². The summed E-state index contributed by atoms with van der Waals surface area (Å²) in [5.41, 5.74) is 0. The predicted molar refractivity (Wildman–Crippen MR) is 125 cm³/mol. The average molecular weight is 661 g/mol. The Labute approximate surface area is 229 Å². The third kappa shape index (κ3) is 41.1. The zero-order chi connectivity index (χ0) is 19.6. The van der Waals surface area contributed by atoms with Crippen LogP contribution in [0, 0.1) is 24.3 Å². The standard InChI is InChI=1S/4C5H5.2C2H5Br.2Zr/c4*1-2-4-5-3-1;2*1-2-3;;/h4*1-3H,4H2;2*2H2,1H3;;/q4*-1;;;2*+2. The zero-order valence-electron chi connectivity index (χ0n) is 16.9. The van der Waals surface area contributed by atoms with E-state index in [2.05, 4.69) is 80.5 Å². The third-order valence-electron chi connectivity index (χ3n) is 2.34. The molecule has 0 bridgehead atoms. The summed E-state index contributed by atoms with van der Waals surface area (Å²) in [7, 11) is 0. The van der Waals surface area contributed by atoms with Gasteiger partial charge in [0.15, 0.2) is 0 Å². The van der Waals surface area contributed by atoms with Crippen molar-refractivity contribution < 1.29 is 52.4 Å². The fourth-order valence-corrected chi connectivity index (χ4v) is 1.36. The largest absolute Gasteiger partial charge is 2.00 e. The van der Waals surface area contributed by atoms with Gasteiger partial charge in [0.05, 0.1) is 0 Å². The van der Waals surface area contributed by atoms with Crippen LogP contribution >= 0.6 is 31.9 Å². The molecule has 0 saturated heterocycles. The summed E-state index contributed by atoms with van der Waals surface area (Å²) in [6.07, 6.45) is 40.0. The molecule has 0 radical (unpaired) electrons. The molecule has 0 atom stereocenters. The molecule has 0 fully saturated rings. The van der Waals surface area contributed by atoms with Crippen molar-refractivity contribution in [1.29, 1.82) is 0 Å². The van der Waals surface area contributed by atoms with Gasteiger partial charge in [0.1, 0.15) is 0 Å². The van der Waals surface area contributed by atoms with Gasteiger partial charge < -0.3 is 0 Å². The fraction of sp³-hybridized carbons (Fsp3) is 0.333. The monoisotopic (exact) mass is 656 g/mol. The number of hydrogen-bond donors (Lipinski definition) is 0. The van der Waals surface area contributed by atoms with Crippen molar-refractivity contribution in [1.82, 2.24) is 0 Å². The second kappa shape index (κ2) is 38.3. The topological polar surface area (TPSA) is 0 Å². The van der Waals surface area contributed by atoms with E-state index in [1.54, 1.807) is 0 Å². The summed E-state index contributed by atoms with van der Waals surface area (Å²) in [4.78, 5) is 0. The van der Waals surface area contributed by atoms with E-state index in [4.69, 9.17) is 0 Å². The molecule has 0 saturated carbocycles. The quantitative estimate of drug-likeness (QED) is 0.183. The number of hydrogen-bond acceptors (Lipinski definition) is 0. The maximum absolute atomic E-state index is 3.15. The van der Waals surface area contributed by atoms with E-state index in [0.29, 0.717) is 0 Å². The van der Waals surface area contributed by atoms with E-state index < -0.39 is 0 Å². The molecular formula is C24H30Br2Zr2. The van der Waals surface area contributed by atoms with Crippen molar-refractivity contribution in [3.05, 3.63) is 97.2 Å². The van der Waals surface area contributed by atoms with Crippen molar-refractivity contribution in [2.75, 3.05) is 10.7 Å². The van der Waals surface area contributed by atoms with Crippen molar-refractivity contribution in [3.8, 4) is 0 Å². The summed E-state index contributed by atoms with van der Waals surface area (Å²) in [6, 6.07) is 0. The molecule has 0 nitrogen and oxygen atoms in total. The molecule has 0 unspecified atom stereocenters. The first-order valence-electron chi connectivity index (χ1n) is 8.82. The van der Waals surface area contributed by atoms with E-state index in [-0.39, 0.29) is 52.4 Å². The van der Waals surface area contributed by atoms with Crippen LogP contribution in [0.1, 0.15) is 39.5 Å². The Morgan fingerprint density at radius 1 is 0.536 bits per heavy atom. The second-order valence-corrected chi connectivity index (χ2v) is 6.79. The van der Waals surface area contributed by atoms with Crippen LogP contribution in [0.2, 0.25) is 0 Å². The molecule has 4 aliphatic rings. The molecule has 0 aromatic rings. The molecule has 4 heteroatoms. The van der Waals surface area contributed by atoms with Crippen molar-refractivity contribution >= 4 is 31.9 Å². The van der Waals surface area contributed by atoms with E-state index in [9.17, 15) is 0 Å². The number of alkyl halides is 2. The normalized spacial score (nSPS) is 13.9. The number of halogens is 2. The second-order valence-electron chi connectivity index (χ2n) is 4.55. The van der Waals surface area contributed by atoms with Crippen LogP contribution in [0.3, 0.4) is 0 Å². The maximum Gasteiger partial charge on any atom is 2.00 e. The van der Waals surface area contributed by atoms with Crippen LogP contribution in [0.25, 0.3) is 0 Å². The Hall–Kier alpha value is 0.646. The third-order valence-corrected chi connectivity index (χ3v) is 2.34. The van der Waals surface area contributed by atoms with Crippen LogP contribution in [-0.2, 0) is 52.4 Å². The Balaban J connectivity index is -0.000000124. The molecule has 0 aromatic carbocycles. The molecular weight excluding hydrogens is 631 g/mol. The Bertz CT molecular complexity index is 367. The molecule has 0 heterocycles. The first-order chi connectivity index (χ1) is 12.8. The minimum atomic E-state index is 0. The fourth-order valence-electron chi connectivity index (χ4n) is 1.36. The predicted octanol–water partition coefficient (Wildman–Crippen LogP) is 8.02. The number of rotatable bonds is 0. The minimum Gasteiger partial charge on any atom is -0.273 e. The van der Waals surface area contributed by atoms with Crippen LogP contribution in [0.4, 0.5) is 0 Å². The maximum atomic E-state index is 3.15. The Morgan fingerprint density at radius 3 is 0.750 bits per heavy atom. The summed E-state index contributed by atoms with van der Waals surface area (Å²) in [5.74, 6) is 0. The van der Waals surface area contributed by atoms with Gasteiger partial charge in [0.25, 0.3) is 0 Å². The summed E-state index contributed by atoms with van der Waals surface area (Å²) >= 11 is 6.29. The summed E-state index contributed by atoms with van der Waals surface area (Å²) in [5, 5.41) is 2.12. The van der Waals surface area contributed by atoms with Gasteiger partial charge in [-0.3, -0.25) is 24.3 Å². The molecule has 148 valence electrons. The molecule has 0 aliphatic heterocycles. The number of allylic oxidation sites excluding steroid dienone is 16. The smallest absolute Gasteiger partial charge is 0.273 e. The van der Waals surface area contributed by atoms with E-state index >= 15 is 0 Å².